The van der Waals surface area contributed by atoms with E-state index >= 15 is 0 Å². The third-order valence-corrected chi connectivity index (χ3v) is 4.09. The van der Waals surface area contributed by atoms with Crippen molar-refractivity contribution in [3.63, 3.8) is 0 Å². The number of amides is 2. The lowest BCUT2D eigenvalue weighted by molar-refractivity contribution is 0.207. The number of carbonyl (C=O) groups is 1. The molecule has 0 radical (unpaired) electrons. The number of urea groups is 1. The second-order valence-corrected chi connectivity index (χ2v) is 6.16. The molecule has 0 aliphatic rings. The summed E-state index contributed by atoms with van der Waals surface area (Å²) in [6.07, 6.45) is 0. The van der Waals surface area contributed by atoms with Gasteiger partial charge in [0.15, 0.2) is 0 Å². The molecule has 0 aliphatic heterocycles. The van der Waals surface area contributed by atoms with Crippen LogP contribution in [0.1, 0.15) is 6.92 Å². The lowest BCUT2D eigenvalue weighted by Gasteiger charge is -2.20. The van der Waals surface area contributed by atoms with Crippen LogP contribution in [0.3, 0.4) is 0 Å². The van der Waals surface area contributed by atoms with E-state index in [0.717, 1.165) is 17.9 Å². The highest BCUT2D eigenvalue weighted by Gasteiger charge is 2.10. The van der Waals surface area contributed by atoms with Crippen LogP contribution in [0.15, 0.2) is 48.5 Å². The number of benzene rings is 2. The third-order valence-electron chi connectivity index (χ3n) is 3.85. The minimum Gasteiger partial charge on any atom is -0.492 e. The van der Waals surface area contributed by atoms with Gasteiger partial charge in [-0.15, -0.1) is 0 Å². The zero-order valence-corrected chi connectivity index (χ0v) is 15.6. The quantitative estimate of drug-likeness (QED) is 0.797. The Hall–Kier alpha value is -2.40. The van der Waals surface area contributed by atoms with Gasteiger partial charge in [0.25, 0.3) is 0 Å². The number of anilines is 2. The molecule has 0 unspecified atom stereocenters. The Bertz CT molecular complexity index is 709. The van der Waals surface area contributed by atoms with E-state index in [-0.39, 0.29) is 6.03 Å². The molecule has 0 aromatic heterocycles. The molecule has 1 N–H and O–H groups in total. The Kier molecular flexibility index (Phi) is 6.95. The first kappa shape index (κ1) is 18.9. The summed E-state index contributed by atoms with van der Waals surface area (Å²) in [6.45, 7) is 3.84. The lowest BCUT2D eigenvalue weighted by Crippen LogP contribution is -2.34. The molecule has 0 atom stereocenters. The van der Waals surface area contributed by atoms with Gasteiger partial charge in [0.2, 0.25) is 0 Å². The maximum absolute atomic E-state index is 12.3. The number of likely N-dealkylation sites (N-methyl/N-ethyl adjacent to an activating group) is 1. The number of hydrogen-bond donors (Lipinski definition) is 1. The van der Waals surface area contributed by atoms with Gasteiger partial charge in [0.1, 0.15) is 12.4 Å². The van der Waals surface area contributed by atoms with Crippen molar-refractivity contribution in [3.05, 3.63) is 53.6 Å². The van der Waals surface area contributed by atoms with E-state index in [9.17, 15) is 4.79 Å². The summed E-state index contributed by atoms with van der Waals surface area (Å²) in [5, 5.41) is 3.53. The van der Waals surface area contributed by atoms with Crippen LogP contribution in [0.2, 0.25) is 5.02 Å². The van der Waals surface area contributed by atoms with E-state index in [1.165, 1.54) is 0 Å². The first-order valence-electron chi connectivity index (χ1n) is 8.21. The molecule has 2 amide bonds. The minimum atomic E-state index is -0.175. The highest BCUT2D eigenvalue weighted by Crippen LogP contribution is 2.19. The maximum atomic E-state index is 12.3. The van der Waals surface area contributed by atoms with Crippen LogP contribution < -0.4 is 15.0 Å². The fraction of sp³-hybridized carbons (Fsp3) is 0.316. The molecule has 25 heavy (non-hydrogen) atoms. The third kappa shape index (κ3) is 5.87. The van der Waals surface area contributed by atoms with Gasteiger partial charge in [-0.1, -0.05) is 23.7 Å². The highest BCUT2D eigenvalue weighted by molar-refractivity contribution is 6.30. The average molecular weight is 362 g/mol. The summed E-state index contributed by atoms with van der Waals surface area (Å²) in [5.74, 6) is 0.691. The number of carbonyl (C=O) groups excluding carboxylic acids is 1. The smallest absolute Gasteiger partial charge is 0.321 e. The Morgan fingerprint density at radius 3 is 2.64 bits per heavy atom. The van der Waals surface area contributed by atoms with E-state index < -0.39 is 0 Å². The van der Waals surface area contributed by atoms with E-state index in [1.54, 1.807) is 24.1 Å². The number of hydrogen-bond acceptors (Lipinski definition) is 3. The lowest BCUT2D eigenvalue weighted by atomic mass is 10.2. The van der Waals surface area contributed by atoms with Gasteiger partial charge in [0.05, 0.1) is 6.54 Å². The van der Waals surface area contributed by atoms with Crippen LogP contribution in [-0.4, -0.2) is 44.7 Å². The van der Waals surface area contributed by atoms with Crippen molar-refractivity contribution in [2.24, 2.45) is 0 Å². The van der Waals surface area contributed by atoms with Gasteiger partial charge in [-0.2, -0.15) is 0 Å². The molecule has 2 aromatic carbocycles. The molecule has 0 aliphatic carbocycles. The number of ether oxygens (including phenoxy) is 1. The molecule has 0 heterocycles. The second kappa shape index (κ2) is 9.18. The van der Waals surface area contributed by atoms with Gasteiger partial charge >= 0.3 is 6.03 Å². The Balaban J connectivity index is 1.84. The average Bonchev–Trinajstić information content (AvgIpc) is 2.61. The van der Waals surface area contributed by atoms with Crippen LogP contribution in [-0.2, 0) is 0 Å². The molecule has 0 spiro atoms. The predicted octanol–water partition coefficient (Wildman–Crippen LogP) is 4.34. The topological polar surface area (TPSA) is 44.8 Å². The van der Waals surface area contributed by atoms with Gasteiger partial charge < -0.3 is 19.9 Å². The summed E-state index contributed by atoms with van der Waals surface area (Å²) in [6, 6.07) is 14.8. The fourth-order valence-electron chi connectivity index (χ4n) is 2.18. The summed E-state index contributed by atoms with van der Waals surface area (Å²) in [5.41, 5.74) is 1.83. The molecule has 2 aromatic rings. The SMILES string of the molecule is CCN(C)c1cccc(NC(=O)N(C)CCOc2cccc(Cl)c2)c1. The van der Waals surface area contributed by atoms with Crippen LogP contribution in [0, 0.1) is 0 Å². The Morgan fingerprint density at radius 2 is 1.92 bits per heavy atom. The molecule has 6 heteroatoms. The molecular formula is C19H24ClN3O2. The number of nitrogens with one attached hydrogen (secondary N) is 1. The fourth-order valence-corrected chi connectivity index (χ4v) is 2.36. The monoisotopic (exact) mass is 361 g/mol. The van der Waals surface area contributed by atoms with E-state index in [4.69, 9.17) is 16.3 Å². The standard InChI is InChI=1S/C19H24ClN3O2/c1-4-22(2)17-9-6-8-16(14-17)21-19(24)23(3)11-12-25-18-10-5-7-15(20)13-18/h5-10,13-14H,4,11-12H2,1-3H3,(H,21,24). The summed E-state index contributed by atoms with van der Waals surface area (Å²) in [7, 11) is 3.75. The van der Waals surface area contributed by atoms with Gasteiger partial charge in [-0.05, 0) is 43.3 Å². The minimum absolute atomic E-state index is 0.175. The first-order valence-corrected chi connectivity index (χ1v) is 8.59. The highest BCUT2D eigenvalue weighted by atomic mass is 35.5. The van der Waals surface area contributed by atoms with Crippen molar-refractivity contribution < 1.29 is 9.53 Å². The first-order chi connectivity index (χ1) is 12.0. The molecule has 134 valence electrons. The number of nitrogens with zero attached hydrogens (tertiary/aromatic N) is 2. The van der Waals surface area contributed by atoms with Crippen molar-refractivity contribution in [3.8, 4) is 5.75 Å². The van der Waals surface area contributed by atoms with Crippen LogP contribution in [0.25, 0.3) is 0 Å². The largest absolute Gasteiger partial charge is 0.492 e. The van der Waals surface area contributed by atoms with Gasteiger partial charge in [-0.25, -0.2) is 4.79 Å². The van der Waals surface area contributed by atoms with Gasteiger partial charge in [0, 0.05) is 37.0 Å². The van der Waals surface area contributed by atoms with Crippen molar-refractivity contribution in [2.75, 3.05) is 44.0 Å². The second-order valence-electron chi connectivity index (χ2n) is 5.72. The zero-order chi connectivity index (χ0) is 18.2. The molecule has 5 nitrogen and oxygen atoms in total. The zero-order valence-electron chi connectivity index (χ0n) is 14.8. The van der Waals surface area contributed by atoms with E-state index in [2.05, 4.69) is 17.1 Å². The Labute approximate surface area is 154 Å². The molecular weight excluding hydrogens is 338 g/mol. The predicted molar refractivity (Wildman–Crippen MR) is 104 cm³/mol. The normalized spacial score (nSPS) is 10.2. The van der Waals surface area contributed by atoms with Crippen LogP contribution >= 0.6 is 11.6 Å². The van der Waals surface area contributed by atoms with Crippen LogP contribution in [0.5, 0.6) is 5.75 Å². The van der Waals surface area contributed by atoms with Crippen molar-refractivity contribution in [1.29, 1.82) is 0 Å². The van der Waals surface area contributed by atoms with Crippen LogP contribution in [0.4, 0.5) is 16.2 Å². The number of rotatable bonds is 7. The van der Waals surface area contributed by atoms with Gasteiger partial charge in [-0.3, -0.25) is 0 Å². The Morgan fingerprint density at radius 1 is 1.16 bits per heavy atom. The van der Waals surface area contributed by atoms with Crippen molar-refractivity contribution in [1.82, 2.24) is 4.90 Å². The summed E-state index contributed by atoms with van der Waals surface area (Å²) < 4.78 is 5.61. The molecule has 2 rings (SSSR count). The summed E-state index contributed by atoms with van der Waals surface area (Å²) >= 11 is 5.91. The van der Waals surface area contributed by atoms with Crippen molar-refractivity contribution in [2.45, 2.75) is 6.92 Å². The number of halogens is 1. The van der Waals surface area contributed by atoms with Crippen molar-refractivity contribution >= 4 is 29.0 Å². The van der Waals surface area contributed by atoms with E-state index in [0.29, 0.717) is 23.9 Å². The maximum Gasteiger partial charge on any atom is 0.321 e. The molecule has 0 bridgehead atoms. The molecule has 0 saturated carbocycles. The van der Waals surface area contributed by atoms with E-state index in [1.807, 2.05) is 43.4 Å². The summed E-state index contributed by atoms with van der Waals surface area (Å²) in [4.78, 5) is 16.0. The molecule has 0 fully saturated rings. The molecule has 0 saturated heterocycles.